The number of aliphatic carboxylic acids is 1. The third kappa shape index (κ3) is 8.01. The molecule has 0 aliphatic carbocycles. The number of ether oxygens (including phenoxy) is 2. The molecule has 0 saturated carbocycles. The molecule has 0 spiro atoms. The van der Waals surface area contributed by atoms with Gasteiger partial charge in [0.2, 0.25) is 0 Å². The van der Waals surface area contributed by atoms with Gasteiger partial charge in [0.05, 0.1) is 19.1 Å². The molecule has 84 valence electrons. The number of carboxylic acid groups (broad SMARTS) is 1. The van der Waals surface area contributed by atoms with Crippen molar-refractivity contribution in [2.24, 2.45) is 0 Å². The lowest BCUT2D eigenvalue weighted by molar-refractivity contribution is -0.141. The van der Waals surface area contributed by atoms with Crippen LogP contribution in [0, 0.1) is 0 Å². The summed E-state index contributed by atoms with van der Waals surface area (Å²) in [5.41, 5.74) is 0. The Hall–Kier alpha value is -0.610. The average molecular weight is 204 g/mol. The summed E-state index contributed by atoms with van der Waals surface area (Å²) in [5.74, 6) is -0.841. The molecule has 0 heterocycles. The predicted octanol–water partition coefficient (Wildman–Crippen LogP) is 1.68. The largest absolute Gasteiger partial charge is 0.481 e. The fourth-order valence-electron chi connectivity index (χ4n) is 1.00. The van der Waals surface area contributed by atoms with Crippen LogP contribution in [-0.2, 0) is 14.3 Å². The van der Waals surface area contributed by atoms with Gasteiger partial charge in [-0.15, -0.1) is 0 Å². The molecular weight excluding hydrogens is 184 g/mol. The lowest BCUT2D eigenvalue weighted by atomic mass is 10.2. The van der Waals surface area contributed by atoms with Crippen molar-refractivity contribution in [1.82, 2.24) is 0 Å². The highest BCUT2D eigenvalue weighted by Crippen LogP contribution is 2.02. The van der Waals surface area contributed by atoms with E-state index < -0.39 is 5.97 Å². The Morgan fingerprint density at radius 3 is 2.64 bits per heavy atom. The Morgan fingerprint density at radius 1 is 1.43 bits per heavy atom. The van der Waals surface area contributed by atoms with Gasteiger partial charge in [-0.3, -0.25) is 4.79 Å². The van der Waals surface area contributed by atoms with Gasteiger partial charge in [-0.25, -0.2) is 0 Å². The summed E-state index contributed by atoms with van der Waals surface area (Å²) in [7, 11) is 0. The second-order valence-corrected chi connectivity index (χ2v) is 3.10. The lowest BCUT2D eigenvalue weighted by Crippen LogP contribution is -2.24. The summed E-state index contributed by atoms with van der Waals surface area (Å²) in [6, 6.07) is 0. The molecule has 4 heteroatoms. The lowest BCUT2D eigenvalue weighted by Gasteiger charge is -2.15. The SMILES string of the molecule is CCCCOC(COCC)CC(=O)O. The van der Waals surface area contributed by atoms with Gasteiger partial charge in [-0.05, 0) is 13.3 Å². The van der Waals surface area contributed by atoms with Crippen molar-refractivity contribution in [3.63, 3.8) is 0 Å². The predicted molar refractivity (Wildman–Crippen MR) is 53.4 cm³/mol. The number of rotatable bonds is 9. The highest BCUT2D eigenvalue weighted by atomic mass is 16.5. The molecule has 0 aromatic heterocycles. The molecule has 4 nitrogen and oxygen atoms in total. The van der Waals surface area contributed by atoms with Crippen molar-refractivity contribution in [1.29, 1.82) is 0 Å². The van der Waals surface area contributed by atoms with Crippen LogP contribution < -0.4 is 0 Å². The third-order valence-electron chi connectivity index (χ3n) is 1.76. The Morgan fingerprint density at radius 2 is 2.14 bits per heavy atom. The maximum absolute atomic E-state index is 10.5. The molecule has 0 radical (unpaired) electrons. The van der Waals surface area contributed by atoms with E-state index in [0.29, 0.717) is 19.8 Å². The van der Waals surface area contributed by atoms with Crippen LogP contribution in [0.1, 0.15) is 33.1 Å². The molecule has 0 rings (SSSR count). The highest BCUT2D eigenvalue weighted by molar-refractivity contribution is 5.67. The Kier molecular flexibility index (Phi) is 8.57. The second kappa shape index (κ2) is 8.97. The summed E-state index contributed by atoms with van der Waals surface area (Å²) in [6.07, 6.45) is 1.72. The molecule has 1 N–H and O–H groups in total. The van der Waals surface area contributed by atoms with Crippen LogP contribution in [-0.4, -0.2) is 37.0 Å². The van der Waals surface area contributed by atoms with Gasteiger partial charge in [-0.1, -0.05) is 13.3 Å². The standard InChI is InChI=1S/C10H20O4/c1-3-5-6-14-9(7-10(11)12)8-13-4-2/h9H,3-8H2,1-2H3,(H,11,12). The molecule has 0 saturated heterocycles. The first-order valence-corrected chi connectivity index (χ1v) is 5.11. The molecular formula is C10H20O4. The Balaban J connectivity index is 3.66. The minimum atomic E-state index is -0.841. The quantitative estimate of drug-likeness (QED) is 0.580. The molecule has 1 atom stereocenters. The minimum Gasteiger partial charge on any atom is -0.481 e. The smallest absolute Gasteiger partial charge is 0.306 e. The number of unbranched alkanes of at least 4 members (excludes halogenated alkanes) is 1. The fraction of sp³-hybridized carbons (Fsp3) is 0.900. The van der Waals surface area contributed by atoms with Gasteiger partial charge in [0.15, 0.2) is 0 Å². The van der Waals surface area contributed by atoms with Gasteiger partial charge in [0.1, 0.15) is 0 Å². The topological polar surface area (TPSA) is 55.8 Å². The summed E-state index contributed by atoms with van der Waals surface area (Å²) in [5, 5.41) is 8.60. The third-order valence-corrected chi connectivity index (χ3v) is 1.76. The highest BCUT2D eigenvalue weighted by Gasteiger charge is 2.13. The zero-order chi connectivity index (χ0) is 10.8. The van der Waals surface area contributed by atoms with E-state index in [1.165, 1.54) is 0 Å². The van der Waals surface area contributed by atoms with Crippen LogP contribution in [0.5, 0.6) is 0 Å². The Bertz CT molecular complexity index is 147. The first-order chi connectivity index (χ1) is 6.70. The number of carboxylic acids is 1. The molecule has 0 bridgehead atoms. The minimum absolute atomic E-state index is 0.0176. The molecule has 1 unspecified atom stereocenters. The molecule has 0 fully saturated rings. The first kappa shape index (κ1) is 13.4. The number of hydrogen-bond donors (Lipinski definition) is 1. The number of carbonyl (C=O) groups is 1. The van der Waals surface area contributed by atoms with E-state index in [9.17, 15) is 4.79 Å². The van der Waals surface area contributed by atoms with Gasteiger partial charge < -0.3 is 14.6 Å². The zero-order valence-electron chi connectivity index (χ0n) is 8.99. The van der Waals surface area contributed by atoms with Crippen LogP contribution in [0.15, 0.2) is 0 Å². The normalized spacial score (nSPS) is 12.7. The van der Waals surface area contributed by atoms with Crippen molar-refractivity contribution in [2.45, 2.75) is 39.2 Å². The van der Waals surface area contributed by atoms with E-state index in [1.807, 2.05) is 6.92 Å². The van der Waals surface area contributed by atoms with Crippen molar-refractivity contribution < 1.29 is 19.4 Å². The summed E-state index contributed by atoms with van der Waals surface area (Å²) in [6.45, 7) is 5.52. The molecule has 0 aliphatic heterocycles. The van der Waals surface area contributed by atoms with E-state index in [2.05, 4.69) is 6.92 Å². The maximum atomic E-state index is 10.5. The van der Waals surface area contributed by atoms with Gasteiger partial charge in [-0.2, -0.15) is 0 Å². The van der Waals surface area contributed by atoms with Crippen LogP contribution >= 0.6 is 0 Å². The maximum Gasteiger partial charge on any atom is 0.306 e. The zero-order valence-corrected chi connectivity index (χ0v) is 8.99. The molecule has 0 aromatic carbocycles. The van der Waals surface area contributed by atoms with E-state index in [0.717, 1.165) is 12.8 Å². The van der Waals surface area contributed by atoms with Gasteiger partial charge in [0.25, 0.3) is 0 Å². The van der Waals surface area contributed by atoms with Crippen LogP contribution in [0.3, 0.4) is 0 Å². The second-order valence-electron chi connectivity index (χ2n) is 3.10. The van der Waals surface area contributed by atoms with E-state index in [1.54, 1.807) is 0 Å². The van der Waals surface area contributed by atoms with Crippen molar-refractivity contribution in [2.75, 3.05) is 19.8 Å². The summed E-state index contributed by atoms with van der Waals surface area (Å²) >= 11 is 0. The first-order valence-electron chi connectivity index (χ1n) is 5.11. The summed E-state index contributed by atoms with van der Waals surface area (Å²) < 4.78 is 10.5. The van der Waals surface area contributed by atoms with Crippen LogP contribution in [0.2, 0.25) is 0 Å². The van der Waals surface area contributed by atoms with Crippen LogP contribution in [0.25, 0.3) is 0 Å². The van der Waals surface area contributed by atoms with Crippen LogP contribution in [0.4, 0.5) is 0 Å². The van der Waals surface area contributed by atoms with E-state index in [-0.39, 0.29) is 12.5 Å². The molecule has 0 aliphatic rings. The van der Waals surface area contributed by atoms with E-state index >= 15 is 0 Å². The Labute approximate surface area is 85.2 Å². The van der Waals surface area contributed by atoms with Crippen molar-refractivity contribution in [3.05, 3.63) is 0 Å². The van der Waals surface area contributed by atoms with Crippen molar-refractivity contribution in [3.8, 4) is 0 Å². The monoisotopic (exact) mass is 204 g/mol. The van der Waals surface area contributed by atoms with Crippen molar-refractivity contribution >= 4 is 5.97 Å². The molecule has 14 heavy (non-hydrogen) atoms. The fourth-order valence-corrected chi connectivity index (χ4v) is 1.00. The average Bonchev–Trinajstić information content (AvgIpc) is 2.13. The van der Waals surface area contributed by atoms with Gasteiger partial charge in [0, 0.05) is 13.2 Å². The van der Waals surface area contributed by atoms with E-state index in [4.69, 9.17) is 14.6 Å². The molecule has 0 aromatic rings. The summed E-state index contributed by atoms with van der Waals surface area (Å²) in [4.78, 5) is 10.5. The van der Waals surface area contributed by atoms with Gasteiger partial charge >= 0.3 is 5.97 Å². The molecule has 0 amide bonds. The number of hydrogen-bond acceptors (Lipinski definition) is 3.